The lowest BCUT2D eigenvalue weighted by Crippen LogP contribution is -2.33. The van der Waals surface area contributed by atoms with Crippen molar-refractivity contribution in [1.82, 2.24) is 19.9 Å². The molecule has 1 atom stereocenters. The SMILES string of the molecule is CC(C)C(C(=O)NCCc1csc2ncnn12)c1ccc(F)cc1. The number of hydrogen-bond acceptors (Lipinski definition) is 4. The first-order valence-corrected chi connectivity index (χ1v) is 8.73. The van der Waals surface area contributed by atoms with Gasteiger partial charge in [0.2, 0.25) is 10.9 Å². The largest absolute Gasteiger partial charge is 0.355 e. The highest BCUT2D eigenvalue weighted by Crippen LogP contribution is 2.25. The number of nitrogens with one attached hydrogen (secondary N) is 1. The summed E-state index contributed by atoms with van der Waals surface area (Å²) in [6.07, 6.45) is 2.21. The fourth-order valence-electron chi connectivity index (χ4n) is 2.78. The van der Waals surface area contributed by atoms with Crippen molar-refractivity contribution >= 4 is 22.2 Å². The fourth-order valence-corrected chi connectivity index (χ4v) is 3.61. The summed E-state index contributed by atoms with van der Waals surface area (Å²) < 4.78 is 14.9. The monoisotopic (exact) mass is 346 g/mol. The van der Waals surface area contributed by atoms with Gasteiger partial charge in [-0.25, -0.2) is 13.9 Å². The average Bonchev–Trinajstić information content (AvgIpc) is 3.14. The van der Waals surface area contributed by atoms with Crippen LogP contribution in [0.5, 0.6) is 0 Å². The fraction of sp³-hybridized carbons (Fsp3) is 0.353. The third kappa shape index (κ3) is 3.46. The minimum Gasteiger partial charge on any atom is -0.355 e. The summed E-state index contributed by atoms with van der Waals surface area (Å²) in [6, 6.07) is 6.14. The zero-order valence-electron chi connectivity index (χ0n) is 13.6. The molecule has 0 radical (unpaired) electrons. The molecule has 1 unspecified atom stereocenters. The van der Waals surface area contributed by atoms with E-state index in [0.717, 1.165) is 16.2 Å². The Balaban J connectivity index is 1.63. The summed E-state index contributed by atoms with van der Waals surface area (Å²) >= 11 is 1.53. The summed E-state index contributed by atoms with van der Waals surface area (Å²) in [6.45, 7) is 4.51. The number of amides is 1. The van der Waals surface area contributed by atoms with Crippen molar-refractivity contribution < 1.29 is 9.18 Å². The molecule has 0 spiro atoms. The molecule has 24 heavy (non-hydrogen) atoms. The van der Waals surface area contributed by atoms with Crippen LogP contribution in [0.3, 0.4) is 0 Å². The maximum atomic E-state index is 13.1. The Kier molecular flexibility index (Phi) is 4.89. The molecule has 0 bridgehead atoms. The van der Waals surface area contributed by atoms with Crippen molar-refractivity contribution in [1.29, 1.82) is 0 Å². The minimum absolute atomic E-state index is 0.0401. The summed E-state index contributed by atoms with van der Waals surface area (Å²) in [5.41, 5.74) is 1.86. The number of carbonyl (C=O) groups is 1. The Bertz CT molecular complexity index is 825. The molecular formula is C17H19FN4OS. The first-order chi connectivity index (χ1) is 11.6. The highest BCUT2D eigenvalue weighted by Gasteiger charge is 2.24. The molecule has 126 valence electrons. The van der Waals surface area contributed by atoms with E-state index in [9.17, 15) is 9.18 Å². The van der Waals surface area contributed by atoms with E-state index in [-0.39, 0.29) is 23.6 Å². The van der Waals surface area contributed by atoms with E-state index < -0.39 is 0 Å². The minimum atomic E-state index is -0.295. The number of rotatable bonds is 6. The van der Waals surface area contributed by atoms with Crippen LogP contribution in [0.15, 0.2) is 36.0 Å². The van der Waals surface area contributed by atoms with E-state index in [0.29, 0.717) is 13.0 Å². The molecule has 0 fully saturated rings. The van der Waals surface area contributed by atoms with Gasteiger partial charge < -0.3 is 5.32 Å². The van der Waals surface area contributed by atoms with Gasteiger partial charge >= 0.3 is 0 Å². The molecule has 1 N–H and O–H groups in total. The number of fused-ring (bicyclic) bond motifs is 1. The number of thiazole rings is 1. The van der Waals surface area contributed by atoms with Gasteiger partial charge in [-0.1, -0.05) is 26.0 Å². The van der Waals surface area contributed by atoms with Crippen molar-refractivity contribution in [3.8, 4) is 0 Å². The second-order valence-corrected chi connectivity index (χ2v) is 6.83. The third-order valence-corrected chi connectivity index (χ3v) is 4.83. The summed E-state index contributed by atoms with van der Waals surface area (Å²) in [5.74, 6) is -0.504. The zero-order valence-corrected chi connectivity index (χ0v) is 14.4. The Hall–Kier alpha value is -2.28. The Morgan fingerprint density at radius 3 is 2.79 bits per heavy atom. The van der Waals surface area contributed by atoms with Crippen LogP contribution in [0.1, 0.15) is 31.0 Å². The molecule has 1 aromatic carbocycles. The Labute approximate surface area is 143 Å². The zero-order chi connectivity index (χ0) is 17.1. The van der Waals surface area contributed by atoms with E-state index in [1.807, 2.05) is 19.2 Å². The van der Waals surface area contributed by atoms with Crippen LogP contribution in [0.2, 0.25) is 0 Å². The van der Waals surface area contributed by atoms with Crippen LogP contribution in [0, 0.1) is 11.7 Å². The highest BCUT2D eigenvalue weighted by molar-refractivity contribution is 7.15. The second kappa shape index (κ2) is 7.09. The molecule has 0 saturated carbocycles. The number of aromatic nitrogens is 3. The maximum absolute atomic E-state index is 13.1. The normalized spacial score (nSPS) is 12.7. The topological polar surface area (TPSA) is 59.3 Å². The van der Waals surface area contributed by atoms with Crippen molar-refractivity contribution in [2.45, 2.75) is 26.2 Å². The van der Waals surface area contributed by atoms with Gasteiger partial charge in [0.25, 0.3) is 0 Å². The lowest BCUT2D eigenvalue weighted by molar-refractivity contribution is -0.123. The molecule has 7 heteroatoms. The van der Waals surface area contributed by atoms with Crippen molar-refractivity contribution in [2.24, 2.45) is 5.92 Å². The lowest BCUT2D eigenvalue weighted by Gasteiger charge is -2.20. The summed E-state index contributed by atoms with van der Waals surface area (Å²) in [7, 11) is 0. The van der Waals surface area contributed by atoms with Gasteiger partial charge in [-0.3, -0.25) is 4.79 Å². The van der Waals surface area contributed by atoms with Gasteiger partial charge in [0.15, 0.2) is 0 Å². The number of benzene rings is 1. The Morgan fingerprint density at radius 2 is 2.08 bits per heavy atom. The predicted octanol–water partition coefficient (Wildman–Crippen LogP) is 3.03. The summed E-state index contributed by atoms with van der Waals surface area (Å²) in [4.78, 5) is 17.6. The molecule has 0 aliphatic heterocycles. The van der Waals surface area contributed by atoms with E-state index in [1.165, 1.54) is 29.8 Å². The van der Waals surface area contributed by atoms with E-state index in [2.05, 4.69) is 15.4 Å². The first kappa shape index (κ1) is 16.6. The van der Waals surface area contributed by atoms with Crippen LogP contribution in [0.25, 0.3) is 4.96 Å². The number of carbonyl (C=O) groups excluding carboxylic acids is 1. The molecule has 1 amide bonds. The van der Waals surface area contributed by atoms with Crippen molar-refractivity contribution in [3.05, 3.63) is 53.0 Å². The maximum Gasteiger partial charge on any atom is 0.227 e. The molecule has 0 aliphatic rings. The van der Waals surface area contributed by atoms with Gasteiger partial charge in [-0.15, -0.1) is 11.3 Å². The average molecular weight is 346 g/mol. The van der Waals surface area contributed by atoms with Gasteiger partial charge in [0.05, 0.1) is 11.6 Å². The lowest BCUT2D eigenvalue weighted by atomic mass is 9.87. The van der Waals surface area contributed by atoms with Gasteiger partial charge in [0, 0.05) is 18.3 Å². The molecular weight excluding hydrogens is 327 g/mol. The van der Waals surface area contributed by atoms with Gasteiger partial charge in [-0.05, 0) is 23.6 Å². The first-order valence-electron chi connectivity index (χ1n) is 7.85. The summed E-state index contributed by atoms with van der Waals surface area (Å²) in [5, 5.41) is 9.15. The van der Waals surface area contributed by atoms with E-state index in [4.69, 9.17) is 0 Å². The molecule has 2 aromatic heterocycles. The van der Waals surface area contributed by atoms with E-state index in [1.54, 1.807) is 16.6 Å². The van der Waals surface area contributed by atoms with Crippen LogP contribution in [-0.2, 0) is 11.2 Å². The van der Waals surface area contributed by atoms with Gasteiger partial charge in [0.1, 0.15) is 12.1 Å². The quantitative estimate of drug-likeness (QED) is 0.746. The number of halogens is 1. The highest BCUT2D eigenvalue weighted by atomic mass is 32.1. The van der Waals surface area contributed by atoms with Crippen LogP contribution in [-0.4, -0.2) is 27.0 Å². The number of hydrogen-bond donors (Lipinski definition) is 1. The van der Waals surface area contributed by atoms with E-state index >= 15 is 0 Å². The third-order valence-electron chi connectivity index (χ3n) is 3.95. The predicted molar refractivity (Wildman–Crippen MR) is 91.6 cm³/mol. The van der Waals surface area contributed by atoms with Crippen molar-refractivity contribution in [3.63, 3.8) is 0 Å². The molecule has 0 aliphatic carbocycles. The molecule has 2 heterocycles. The smallest absolute Gasteiger partial charge is 0.227 e. The van der Waals surface area contributed by atoms with Crippen LogP contribution >= 0.6 is 11.3 Å². The molecule has 5 nitrogen and oxygen atoms in total. The molecule has 0 saturated heterocycles. The molecule has 3 aromatic rings. The van der Waals surface area contributed by atoms with Crippen molar-refractivity contribution in [2.75, 3.05) is 6.54 Å². The molecule has 3 rings (SSSR count). The van der Waals surface area contributed by atoms with Gasteiger partial charge in [-0.2, -0.15) is 5.10 Å². The second-order valence-electron chi connectivity index (χ2n) is 6.00. The van der Waals surface area contributed by atoms with Crippen LogP contribution in [0.4, 0.5) is 4.39 Å². The Morgan fingerprint density at radius 1 is 1.33 bits per heavy atom. The standard InChI is InChI=1S/C17H19FN4OS/c1-11(2)15(12-3-5-13(18)6-4-12)16(23)19-8-7-14-9-24-17-20-10-21-22(14)17/h3-6,9-11,15H,7-8H2,1-2H3,(H,19,23). The number of nitrogens with zero attached hydrogens (tertiary/aromatic N) is 3. The van der Waals surface area contributed by atoms with Crippen LogP contribution < -0.4 is 5.32 Å².